The molecule has 1 rings (SSSR count). The van der Waals surface area contributed by atoms with Crippen LogP contribution in [0.4, 0.5) is 0 Å². The maximum atomic E-state index is 10.4. The van der Waals surface area contributed by atoms with Gasteiger partial charge in [-0.05, 0) is 24.8 Å². The maximum absolute atomic E-state index is 10.4. The molecule has 2 unspecified atom stereocenters. The third-order valence-corrected chi connectivity index (χ3v) is 1.97. The molecular formula is C6H9N3O2. The summed E-state index contributed by atoms with van der Waals surface area (Å²) in [6, 6.07) is -0.0962. The summed E-state index contributed by atoms with van der Waals surface area (Å²) in [7, 11) is 0. The van der Waals surface area contributed by atoms with Crippen LogP contribution in [0, 0.1) is 5.92 Å². The number of azide groups is 1. The minimum Gasteiger partial charge on any atom is -0.481 e. The summed E-state index contributed by atoms with van der Waals surface area (Å²) in [5.41, 5.74) is 8.06. The molecule has 0 heterocycles. The van der Waals surface area contributed by atoms with Crippen LogP contribution in [0.1, 0.15) is 19.3 Å². The molecule has 5 nitrogen and oxygen atoms in total. The summed E-state index contributed by atoms with van der Waals surface area (Å²) in [5.74, 6) is -1.08. The predicted molar refractivity (Wildman–Crippen MR) is 37.9 cm³/mol. The lowest BCUT2D eigenvalue weighted by Gasteiger charge is -1.99. The van der Waals surface area contributed by atoms with Gasteiger partial charge in [0.05, 0.1) is 5.92 Å². The van der Waals surface area contributed by atoms with E-state index in [-0.39, 0.29) is 12.0 Å². The second-order valence-electron chi connectivity index (χ2n) is 2.71. The minimum absolute atomic E-state index is 0.0962. The zero-order valence-electron chi connectivity index (χ0n) is 5.97. The lowest BCUT2D eigenvalue weighted by Crippen LogP contribution is -2.09. The molecule has 60 valence electrons. The van der Waals surface area contributed by atoms with Gasteiger partial charge in [0.25, 0.3) is 0 Å². The molecule has 0 saturated heterocycles. The second kappa shape index (κ2) is 3.25. The maximum Gasteiger partial charge on any atom is 0.306 e. The molecule has 1 saturated carbocycles. The molecule has 1 fully saturated rings. The summed E-state index contributed by atoms with van der Waals surface area (Å²) in [6.45, 7) is 0. The Bertz CT molecular complexity index is 202. The second-order valence-corrected chi connectivity index (χ2v) is 2.71. The molecule has 0 aliphatic heterocycles. The third kappa shape index (κ3) is 1.85. The van der Waals surface area contributed by atoms with Crippen LogP contribution in [0.2, 0.25) is 0 Å². The van der Waals surface area contributed by atoms with Crippen LogP contribution in [0.5, 0.6) is 0 Å². The predicted octanol–water partition coefficient (Wildman–Crippen LogP) is 1.55. The molecule has 0 aromatic carbocycles. The summed E-state index contributed by atoms with van der Waals surface area (Å²) in [6.07, 6.45) is 1.85. The average molecular weight is 155 g/mol. The Morgan fingerprint density at radius 2 is 2.36 bits per heavy atom. The summed E-state index contributed by atoms with van der Waals surface area (Å²) < 4.78 is 0. The lowest BCUT2D eigenvalue weighted by molar-refractivity contribution is -0.141. The quantitative estimate of drug-likeness (QED) is 0.372. The van der Waals surface area contributed by atoms with E-state index in [1.54, 1.807) is 0 Å². The van der Waals surface area contributed by atoms with E-state index in [0.717, 1.165) is 0 Å². The van der Waals surface area contributed by atoms with E-state index in [0.29, 0.717) is 19.3 Å². The van der Waals surface area contributed by atoms with E-state index in [9.17, 15) is 4.79 Å². The molecular weight excluding hydrogens is 146 g/mol. The molecule has 1 aliphatic rings. The summed E-state index contributed by atoms with van der Waals surface area (Å²) in [5, 5.41) is 12.0. The van der Waals surface area contributed by atoms with Crippen LogP contribution in [0.15, 0.2) is 5.11 Å². The number of nitrogens with zero attached hydrogens (tertiary/aromatic N) is 3. The smallest absolute Gasteiger partial charge is 0.306 e. The Morgan fingerprint density at radius 1 is 1.64 bits per heavy atom. The molecule has 0 aromatic heterocycles. The Balaban J connectivity index is 2.46. The van der Waals surface area contributed by atoms with Gasteiger partial charge in [-0.15, -0.1) is 0 Å². The zero-order valence-corrected chi connectivity index (χ0v) is 5.97. The van der Waals surface area contributed by atoms with Crippen LogP contribution < -0.4 is 0 Å². The molecule has 1 aliphatic carbocycles. The normalized spacial score (nSPS) is 29.5. The first kappa shape index (κ1) is 7.88. The average Bonchev–Trinajstić information content (AvgIpc) is 2.37. The van der Waals surface area contributed by atoms with Crippen molar-refractivity contribution in [2.45, 2.75) is 25.3 Å². The Hall–Kier alpha value is -1.22. The highest BCUT2D eigenvalue weighted by atomic mass is 16.4. The van der Waals surface area contributed by atoms with E-state index in [2.05, 4.69) is 10.0 Å². The molecule has 11 heavy (non-hydrogen) atoms. The van der Waals surface area contributed by atoms with Gasteiger partial charge in [-0.25, -0.2) is 0 Å². The first-order chi connectivity index (χ1) is 5.24. The molecule has 2 atom stereocenters. The zero-order chi connectivity index (χ0) is 8.27. The fraction of sp³-hybridized carbons (Fsp3) is 0.833. The number of carboxylic acids is 1. The van der Waals surface area contributed by atoms with Gasteiger partial charge in [0.2, 0.25) is 0 Å². The number of rotatable bonds is 2. The Kier molecular flexibility index (Phi) is 2.33. The molecule has 0 amide bonds. The standard InChI is InChI=1S/C6H9N3O2/c7-9-8-5-2-1-4(3-5)6(10)11/h4-5H,1-3H2,(H,10,11). The number of carbonyl (C=O) groups is 1. The number of hydrogen-bond donors (Lipinski definition) is 1. The van der Waals surface area contributed by atoms with Crippen molar-refractivity contribution >= 4 is 5.97 Å². The van der Waals surface area contributed by atoms with Crippen LogP contribution in [-0.4, -0.2) is 17.1 Å². The van der Waals surface area contributed by atoms with E-state index in [1.165, 1.54) is 0 Å². The molecule has 0 radical (unpaired) electrons. The lowest BCUT2D eigenvalue weighted by atomic mass is 10.1. The Morgan fingerprint density at radius 3 is 2.82 bits per heavy atom. The van der Waals surface area contributed by atoms with Crippen LogP contribution in [0.25, 0.3) is 10.4 Å². The van der Waals surface area contributed by atoms with Crippen LogP contribution >= 0.6 is 0 Å². The minimum atomic E-state index is -0.777. The fourth-order valence-corrected chi connectivity index (χ4v) is 1.36. The van der Waals surface area contributed by atoms with Crippen molar-refractivity contribution in [3.8, 4) is 0 Å². The molecule has 0 spiro atoms. The molecule has 0 bridgehead atoms. The van der Waals surface area contributed by atoms with Gasteiger partial charge in [-0.1, -0.05) is 5.11 Å². The first-order valence-electron chi connectivity index (χ1n) is 3.51. The molecule has 1 N–H and O–H groups in total. The van der Waals surface area contributed by atoms with Crippen LogP contribution in [-0.2, 0) is 4.79 Å². The van der Waals surface area contributed by atoms with Crippen molar-refractivity contribution in [1.82, 2.24) is 0 Å². The molecule has 5 heteroatoms. The van der Waals surface area contributed by atoms with Crippen molar-refractivity contribution < 1.29 is 9.90 Å². The number of aliphatic carboxylic acids is 1. The highest BCUT2D eigenvalue weighted by Crippen LogP contribution is 2.27. The van der Waals surface area contributed by atoms with Crippen molar-refractivity contribution in [1.29, 1.82) is 0 Å². The largest absolute Gasteiger partial charge is 0.481 e. The third-order valence-electron chi connectivity index (χ3n) is 1.97. The van der Waals surface area contributed by atoms with E-state index >= 15 is 0 Å². The van der Waals surface area contributed by atoms with Gasteiger partial charge >= 0.3 is 5.97 Å². The van der Waals surface area contributed by atoms with Crippen molar-refractivity contribution in [3.05, 3.63) is 10.4 Å². The highest BCUT2D eigenvalue weighted by Gasteiger charge is 2.28. The van der Waals surface area contributed by atoms with E-state index in [4.69, 9.17) is 10.6 Å². The van der Waals surface area contributed by atoms with Gasteiger partial charge < -0.3 is 5.11 Å². The first-order valence-corrected chi connectivity index (χ1v) is 3.51. The van der Waals surface area contributed by atoms with Gasteiger partial charge in [0, 0.05) is 11.0 Å². The topological polar surface area (TPSA) is 86.1 Å². The van der Waals surface area contributed by atoms with E-state index in [1.807, 2.05) is 0 Å². The monoisotopic (exact) mass is 155 g/mol. The highest BCUT2D eigenvalue weighted by molar-refractivity contribution is 5.70. The van der Waals surface area contributed by atoms with Crippen molar-refractivity contribution in [2.24, 2.45) is 11.0 Å². The Labute approximate surface area is 63.6 Å². The van der Waals surface area contributed by atoms with Gasteiger partial charge in [0.15, 0.2) is 0 Å². The van der Waals surface area contributed by atoms with Gasteiger partial charge in [-0.3, -0.25) is 4.79 Å². The van der Waals surface area contributed by atoms with Crippen molar-refractivity contribution in [3.63, 3.8) is 0 Å². The SMILES string of the molecule is [N-]=[N+]=NC1CCC(C(=O)O)C1. The van der Waals surface area contributed by atoms with Gasteiger partial charge in [-0.2, -0.15) is 0 Å². The summed E-state index contributed by atoms with van der Waals surface area (Å²) in [4.78, 5) is 13.1. The fourth-order valence-electron chi connectivity index (χ4n) is 1.36. The number of hydrogen-bond acceptors (Lipinski definition) is 2. The summed E-state index contributed by atoms with van der Waals surface area (Å²) >= 11 is 0. The van der Waals surface area contributed by atoms with Crippen molar-refractivity contribution in [2.75, 3.05) is 0 Å². The van der Waals surface area contributed by atoms with Crippen LogP contribution in [0.3, 0.4) is 0 Å². The van der Waals surface area contributed by atoms with E-state index < -0.39 is 5.97 Å². The molecule has 0 aromatic rings. The van der Waals surface area contributed by atoms with Gasteiger partial charge in [0.1, 0.15) is 0 Å². The number of carboxylic acid groups (broad SMARTS) is 1.